The molecule has 0 aliphatic heterocycles. The molecule has 0 heterocycles. The maximum Gasteiger partial charge on any atom is 0.294 e. The Morgan fingerprint density at radius 3 is 2.56 bits per heavy atom. The first-order chi connectivity index (χ1) is 12.0. The Hall–Kier alpha value is -3.26. The summed E-state index contributed by atoms with van der Waals surface area (Å²) in [6.45, 7) is 0.347. The lowest BCUT2D eigenvalue weighted by Gasteiger charge is -2.06. The van der Waals surface area contributed by atoms with Crippen LogP contribution in [0, 0.1) is 10.1 Å². The van der Waals surface area contributed by atoms with Crippen LogP contribution in [0.1, 0.15) is 12.0 Å². The largest absolute Gasteiger partial charge is 0.384 e. The zero-order valence-electron chi connectivity index (χ0n) is 13.6. The summed E-state index contributed by atoms with van der Waals surface area (Å²) in [6.07, 6.45) is 0.263. The number of hydrogen-bond donors (Lipinski definition) is 2. The lowest BCUT2D eigenvalue weighted by Crippen LogP contribution is -2.15. The fourth-order valence-electron chi connectivity index (χ4n) is 2.05. The molecule has 0 bridgehead atoms. The number of rotatable bonds is 7. The lowest BCUT2D eigenvalue weighted by molar-refractivity contribution is -0.384. The van der Waals surface area contributed by atoms with E-state index < -0.39 is 4.92 Å². The number of nitrogens with one attached hydrogen (secondary N) is 1. The van der Waals surface area contributed by atoms with Crippen molar-refractivity contribution in [1.82, 2.24) is 0 Å². The monoisotopic (exact) mass is 342 g/mol. The van der Waals surface area contributed by atoms with Crippen LogP contribution in [0.3, 0.4) is 0 Å². The summed E-state index contributed by atoms with van der Waals surface area (Å²) in [5, 5.41) is 13.7. The molecule has 8 nitrogen and oxygen atoms in total. The molecular formula is C17H18N4O4. The van der Waals surface area contributed by atoms with Crippen molar-refractivity contribution in [1.29, 1.82) is 0 Å². The molecule has 0 saturated carbocycles. The van der Waals surface area contributed by atoms with E-state index in [4.69, 9.17) is 10.5 Å². The predicted octanol–water partition coefficient (Wildman–Crippen LogP) is 2.61. The fourth-order valence-corrected chi connectivity index (χ4v) is 2.05. The highest BCUT2D eigenvalue weighted by Gasteiger charge is 2.12. The second kappa shape index (κ2) is 8.55. The molecule has 0 aliphatic carbocycles. The van der Waals surface area contributed by atoms with Gasteiger partial charge in [0.15, 0.2) is 0 Å². The fraction of sp³-hybridized carbons (Fsp3) is 0.176. The van der Waals surface area contributed by atoms with Crippen molar-refractivity contribution >= 4 is 28.8 Å². The average molecular weight is 342 g/mol. The van der Waals surface area contributed by atoms with Crippen molar-refractivity contribution in [2.24, 2.45) is 10.7 Å². The van der Waals surface area contributed by atoms with Gasteiger partial charge in [-0.3, -0.25) is 14.9 Å². The number of nitro benzene ring substituents is 1. The minimum absolute atomic E-state index is 0.118. The first kappa shape index (κ1) is 18.1. The van der Waals surface area contributed by atoms with Crippen LogP contribution in [0.4, 0.5) is 17.1 Å². The molecule has 130 valence electrons. The topological polar surface area (TPSA) is 120 Å². The molecule has 0 saturated heterocycles. The molecule has 0 fully saturated rings. The van der Waals surface area contributed by atoms with Crippen molar-refractivity contribution < 1.29 is 14.5 Å². The zero-order chi connectivity index (χ0) is 18.2. The van der Waals surface area contributed by atoms with Gasteiger partial charge < -0.3 is 15.8 Å². The quantitative estimate of drug-likeness (QED) is 0.347. The smallest absolute Gasteiger partial charge is 0.294 e. The van der Waals surface area contributed by atoms with Crippen LogP contribution < -0.4 is 11.1 Å². The van der Waals surface area contributed by atoms with Crippen LogP contribution in [0.15, 0.2) is 53.5 Å². The van der Waals surface area contributed by atoms with Gasteiger partial charge >= 0.3 is 0 Å². The van der Waals surface area contributed by atoms with Crippen LogP contribution in [0.5, 0.6) is 0 Å². The highest BCUT2D eigenvalue weighted by molar-refractivity contribution is 6.00. The summed E-state index contributed by atoms with van der Waals surface area (Å²) in [5.41, 5.74) is 7.21. The standard InChI is InChI=1S/C17H18N4O4/c1-25-11-10-16(22)19-13-8-6-12(7-9-13)17(18)20-14-4-2-3-5-15(14)21(23)24/h2-9H,10-11H2,1H3,(H2,18,20)(H,19,22). The van der Waals surface area contributed by atoms with Gasteiger partial charge in [-0.1, -0.05) is 12.1 Å². The molecule has 25 heavy (non-hydrogen) atoms. The average Bonchev–Trinajstić information content (AvgIpc) is 2.60. The number of hydrogen-bond acceptors (Lipinski definition) is 5. The van der Waals surface area contributed by atoms with Gasteiger partial charge in [0.25, 0.3) is 5.69 Å². The lowest BCUT2D eigenvalue weighted by atomic mass is 10.2. The van der Waals surface area contributed by atoms with Crippen molar-refractivity contribution in [3.63, 3.8) is 0 Å². The molecular weight excluding hydrogens is 324 g/mol. The molecule has 3 N–H and O–H groups in total. The number of para-hydroxylation sites is 2. The molecule has 0 atom stereocenters. The third-order valence-corrected chi connectivity index (χ3v) is 3.32. The number of methoxy groups -OCH3 is 1. The van der Waals surface area contributed by atoms with Crippen molar-refractivity contribution in [2.45, 2.75) is 6.42 Å². The van der Waals surface area contributed by atoms with E-state index in [2.05, 4.69) is 10.3 Å². The Bertz CT molecular complexity index is 787. The van der Waals surface area contributed by atoms with Gasteiger partial charge in [-0.15, -0.1) is 0 Å². The van der Waals surface area contributed by atoms with Crippen molar-refractivity contribution in [3.05, 3.63) is 64.2 Å². The molecule has 2 aromatic carbocycles. The number of carbonyl (C=O) groups is 1. The van der Waals surface area contributed by atoms with E-state index >= 15 is 0 Å². The van der Waals surface area contributed by atoms with Crippen LogP contribution in [0.25, 0.3) is 0 Å². The SMILES string of the molecule is COCCC(=O)Nc1ccc(C(N)=Nc2ccccc2[N+](=O)[O-])cc1. The first-order valence-corrected chi connectivity index (χ1v) is 7.48. The van der Waals surface area contributed by atoms with Gasteiger partial charge in [0.1, 0.15) is 11.5 Å². The summed E-state index contributed by atoms with van der Waals surface area (Å²) in [7, 11) is 1.53. The van der Waals surface area contributed by atoms with E-state index in [1.807, 2.05) is 0 Å². The molecule has 0 spiro atoms. The zero-order valence-corrected chi connectivity index (χ0v) is 13.6. The summed E-state index contributed by atoms with van der Waals surface area (Å²) in [4.78, 5) is 26.3. The number of aliphatic imine (C=N–C) groups is 1. The number of benzene rings is 2. The predicted molar refractivity (Wildman–Crippen MR) is 95.0 cm³/mol. The van der Waals surface area contributed by atoms with E-state index in [0.29, 0.717) is 17.9 Å². The number of nitro groups is 1. The van der Waals surface area contributed by atoms with Crippen LogP contribution >= 0.6 is 0 Å². The normalized spacial score (nSPS) is 11.2. The molecule has 0 aliphatic rings. The van der Waals surface area contributed by atoms with Gasteiger partial charge in [-0.05, 0) is 30.3 Å². The maximum atomic E-state index is 11.6. The summed E-state index contributed by atoms with van der Waals surface area (Å²) in [6, 6.07) is 12.8. The minimum atomic E-state index is -0.509. The Labute approximate surface area is 144 Å². The molecule has 0 aromatic heterocycles. The van der Waals surface area contributed by atoms with Gasteiger partial charge in [0.2, 0.25) is 5.91 Å². The Morgan fingerprint density at radius 1 is 1.24 bits per heavy atom. The van der Waals surface area contributed by atoms with E-state index in [-0.39, 0.29) is 29.5 Å². The van der Waals surface area contributed by atoms with E-state index in [0.717, 1.165) is 0 Å². The van der Waals surface area contributed by atoms with Crippen molar-refractivity contribution in [3.8, 4) is 0 Å². The van der Waals surface area contributed by atoms with E-state index in [1.165, 1.54) is 19.2 Å². The number of carbonyl (C=O) groups excluding carboxylic acids is 1. The summed E-state index contributed by atoms with van der Waals surface area (Å²) < 4.78 is 4.84. The highest BCUT2D eigenvalue weighted by Crippen LogP contribution is 2.26. The Balaban J connectivity index is 2.14. The number of ether oxygens (including phenoxy) is 1. The number of nitrogens with two attached hydrogens (primary N) is 1. The van der Waals surface area contributed by atoms with Gasteiger partial charge in [-0.2, -0.15) is 0 Å². The van der Waals surface area contributed by atoms with Gasteiger partial charge in [0.05, 0.1) is 18.0 Å². The Morgan fingerprint density at radius 2 is 1.92 bits per heavy atom. The molecule has 8 heteroatoms. The highest BCUT2D eigenvalue weighted by atomic mass is 16.6. The van der Waals surface area contributed by atoms with Crippen molar-refractivity contribution in [2.75, 3.05) is 19.0 Å². The van der Waals surface area contributed by atoms with Gasteiger partial charge in [-0.25, -0.2) is 4.99 Å². The second-order valence-corrected chi connectivity index (χ2v) is 5.11. The second-order valence-electron chi connectivity index (χ2n) is 5.11. The Kier molecular flexibility index (Phi) is 6.19. The van der Waals surface area contributed by atoms with Crippen LogP contribution in [-0.4, -0.2) is 30.4 Å². The minimum Gasteiger partial charge on any atom is -0.384 e. The summed E-state index contributed by atoms with van der Waals surface area (Å²) in [5.74, 6) is -0.0114. The van der Waals surface area contributed by atoms with Gasteiger partial charge in [0, 0.05) is 24.4 Å². The maximum absolute atomic E-state index is 11.6. The summed E-state index contributed by atoms with van der Waals surface area (Å²) >= 11 is 0. The molecule has 1 amide bonds. The van der Waals surface area contributed by atoms with E-state index in [1.54, 1.807) is 36.4 Å². The number of anilines is 1. The first-order valence-electron chi connectivity index (χ1n) is 7.48. The number of nitrogens with zero attached hydrogens (tertiary/aromatic N) is 2. The molecule has 0 unspecified atom stereocenters. The third-order valence-electron chi connectivity index (χ3n) is 3.32. The number of amidine groups is 1. The molecule has 2 rings (SSSR count). The van der Waals surface area contributed by atoms with Crippen LogP contribution in [-0.2, 0) is 9.53 Å². The molecule has 0 radical (unpaired) electrons. The third kappa shape index (κ3) is 5.11. The molecule has 2 aromatic rings. The van der Waals surface area contributed by atoms with E-state index in [9.17, 15) is 14.9 Å². The van der Waals surface area contributed by atoms with Crippen LogP contribution in [0.2, 0.25) is 0 Å². The number of amides is 1.